The lowest BCUT2D eigenvalue weighted by Crippen LogP contribution is -2.35. The molecule has 2 aromatic rings. The molecule has 19 heavy (non-hydrogen) atoms. The first-order chi connectivity index (χ1) is 9.29. The Bertz CT molecular complexity index is 563. The van der Waals surface area contributed by atoms with Gasteiger partial charge in [-0.2, -0.15) is 0 Å². The van der Waals surface area contributed by atoms with Crippen LogP contribution >= 0.6 is 11.8 Å². The van der Waals surface area contributed by atoms with Gasteiger partial charge in [0.2, 0.25) is 0 Å². The molecule has 1 aliphatic heterocycles. The Labute approximate surface area is 116 Å². The highest BCUT2D eigenvalue weighted by Gasteiger charge is 2.31. The van der Waals surface area contributed by atoms with Crippen LogP contribution in [0.25, 0.3) is 0 Å². The second-order valence-corrected chi connectivity index (χ2v) is 5.92. The van der Waals surface area contributed by atoms with Crippen molar-refractivity contribution in [2.75, 3.05) is 0 Å². The molecule has 1 heterocycles. The number of halogens is 1. The second-order valence-electron chi connectivity index (χ2n) is 4.63. The van der Waals surface area contributed by atoms with Crippen LogP contribution in [-0.2, 0) is 6.42 Å². The van der Waals surface area contributed by atoms with E-state index in [1.165, 1.54) is 16.5 Å². The zero-order chi connectivity index (χ0) is 13.2. The average molecular weight is 274 g/mol. The molecule has 0 bridgehead atoms. The highest BCUT2D eigenvalue weighted by atomic mass is 32.2. The van der Waals surface area contributed by atoms with E-state index in [0.29, 0.717) is 5.56 Å². The lowest BCUT2D eigenvalue weighted by molar-refractivity contribution is 0.498. The standard InChI is InChI=1S/C15H15FN2S/c16-12-7-3-2-6-11(12)15(18-17)14-9-10-5-1-4-8-13(10)19-14/h1-8,14-15,18H,9,17H2. The van der Waals surface area contributed by atoms with E-state index in [4.69, 9.17) is 5.84 Å². The van der Waals surface area contributed by atoms with Crippen LogP contribution in [0.4, 0.5) is 4.39 Å². The molecule has 98 valence electrons. The van der Waals surface area contributed by atoms with Gasteiger partial charge in [0.25, 0.3) is 0 Å². The first-order valence-corrected chi connectivity index (χ1v) is 7.12. The predicted molar refractivity (Wildman–Crippen MR) is 76.3 cm³/mol. The first-order valence-electron chi connectivity index (χ1n) is 6.24. The SMILES string of the molecule is NNC(c1ccccc1F)C1Cc2ccccc2S1. The topological polar surface area (TPSA) is 38.0 Å². The lowest BCUT2D eigenvalue weighted by Gasteiger charge is -2.22. The molecule has 2 atom stereocenters. The van der Waals surface area contributed by atoms with Gasteiger partial charge < -0.3 is 0 Å². The van der Waals surface area contributed by atoms with Crippen molar-refractivity contribution in [3.8, 4) is 0 Å². The van der Waals surface area contributed by atoms with Crippen molar-refractivity contribution in [1.29, 1.82) is 0 Å². The highest BCUT2D eigenvalue weighted by molar-refractivity contribution is 8.00. The molecule has 3 rings (SSSR count). The molecule has 1 aliphatic rings. The van der Waals surface area contributed by atoms with Gasteiger partial charge in [-0.05, 0) is 24.1 Å². The van der Waals surface area contributed by atoms with Crippen molar-refractivity contribution in [2.45, 2.75) is 22.6 Å². The van der Waals surface area contributed by atoms with Gasteiger partial charge in [-0.1, -0.05) is 36.4 Å². The largest absolute Gasteiger partial charge is 0.271 e. The van der Waals surface area contributed by atoms with Gasteiger partial charge in [0.05, 0.1) is 6.04 Å². The maximum atomic E-state index is 13.9. The summed E-state index contributed by atoms with van der Waals surface area (Å²) in [6.45, 7) is 0. The van der Waals surface area contributed by atoms with E-state index in [-0.39, 0.29) is 17.1 Å². The van der Waals surface area contributed by atoms with E-state index in [9.17, 15) is 4.39 Å². The van der Waals surface area contributed by atoms with Crippen LogP contribution in [0.15, 0.2) is 53.4 Å². The van der Waals surface area contributed by atoms with E-state index in [0.717, 1.165) is 6.42 Å². The molecule has 0 aromatic heterocycles. The van der Waals surface area contributed by atoms with Crippen LogP contribution in [-0.4, -0.2) is 5.25 Å². The fourth-order valence-corrected chi connectivity index (χ4v) is 3.93. The molecule has 0 saturated carbocycles. The summed E-state index contributed by atoms with van der Waals surface area (Å²) in [6, 6.07) is 14.9. The maximum absolute atomic E-state index is 13.9. The van der Waals surface area contributed by atoms with E-state index in [2.05, 4.69) is 17.6 Å². The number of thioether (sulfide) groups is 1. The summed E-state index contributed by atoms with van der Waals surface area (Å²) >= 11 is 1.76. The van der Waals surface area contributed by atoms with E-state index >= 15 is 0 Å². The fourth-order valence-electron chi connectivity index (χ4n) is 2.52. The molecule has 3 N–H and O–H groups in total. The molecule has 2 aromatic carbocycles. The minimum Gasteiger partial charge on any atom is -0.271 e. The fraction of sp³-hybridized carbons (Fsp3) is 0.200. The molecule has 0 aliphatic carbocycles. The molecule has 2 unspecified atom stereocenters. The normalized spacial score (nSPS) is 19.2. The summed E-state index contributed by atoms with van der Waals surface area (Å²) < 4.78 is 13.9. The van der Waals surface area contributed by atoms with E-state index < -0.39 is 0 Å². The molecular weight excluding hydrogens is 259 g/mol. The second kappa shape index (κ2) is 5.33. The smallest absolute Gasteiger partial charge is 0.128 e. The maximum Gasteiger partial charge on any atom is 0.128 e. The Balaban J connectivity index is 1.88. The number of hydrazine groups is 1. The quantitative estimate of drug-likeness (QED) is 0.667. The van der Waals surface area contributed by atoms with Crippen LogP contribution in [0.2, 0.25) is 0 Å². The van der Waals surface area contributed by atoms with Gasteiger partial charge in [0, 0.05) is 15.7 Å². The van der Waals surface area contributed by atoms with Gasteiger partial charge in [0.1, 0.15) is 5.82 Å². The molecule has 4 heteroatoms. The van der Waals surface area contributed by atoms with Gasteiger partial charge >= 0.3 is 0 Å². The third-order valence-corrected chi connectivity index (χ3v) is 4.86. The minimum atomic E-state index is -0.206. The Morgan fingerprint density at radius 1 is 1.16 bits per heavy atom. The number of hydrogen-bond donors (Lipinski definition) is 2. The van der Waals surface area contributed by atoms with Gasteiger partial charge in [-0.15, -0.1) is 11.8 Å². The van der Waals surface area contributed by atoms with Crippen LogP contribution in [0.3, 0.4) is 0 Å². The molecule has 0 saturated heterocycles. The van der Waals surface area contributed by atoms with Crippen molar-refractivity contribution >= 4 is 11.8 Å². The lowest BCUT2D eigenvalue weighted by atomic mass is 9.99. The van der Waals surface area contributed by atoms with E-state index in [1.54, 1.807) is 23.9 Å². The Morgan fingerprint density at radius 2 is 1.89 bits per heavy atom. The number of fused-ring (bicyclic) bond motifs is 1. The third-order valence-electron chi connectivity index (χ3n) is 3.46. The zero-order valence-electron chi connectivity index (χ0n) is 10.3. The van der Waals surface area contributed by atoms with E-state index in [1.807, 2.05) is 18.2 Å². The van der Waals surface area contributed by atoms with Crippen molar-refractivity contribution in [3.63, 3.8) is 0 Å². The van der Waals surface area contributed by atoms with Crippen LogP contribution in [0.1, 0.15) is 17.2 Å². The molecule has 0 radical (unpaired) electrons. The van der Waals surface area contributed by atoms with Crippen molar-refractivity contribution in [1.82, 2.24) is 5.43 Å². The number of nitrogens with two attached hydrogens (primary N) is 1. The summed E-state index contributed by atoms with van der Waals surface area (Å²) in [7, 11) is 0. The minimum absolute atomic E-state index is 0.182. The van der Waals surface area contributed by atoms with Gasteiger partial charge in [-0.25, -0.2) is 4.39 Å². The Hall–Kier alpha value is -1.36. The number of benzene rings is 2. The average Bonchev–Trinajstić information content (AvgIpc) is 2.85. The first kappa shape index (κ1) is 12.7. The molecular formula is C15H15FN2S. The number of rotatable bonds is 3. The van der Waals surface area contributed by atoms with Crippen LogP contribution in [0.5, 0.6) is 0 Å². The summed E-state index contributed by atoms with van der Waals surface area (Å²) in [5.41, 5.74) is 4.72. The summed E-state index contributed by atoms with van der Waals surface area (Å²) in [5, 5.41) is 0.222. The zero-order valence-corrected chi connectivity index (χ0v) is 11.2. The summed E-state index contributed by atoms with van der Waals surface area (Å²) in [5.74, 6) is 5.45. The van der Waals surface area contributed by atoms with Crippen molar-refractivity contribution < 1.29 is 4.39 Å². The highest BCUT2D eigenvalue weighted by Crippen LogP contribution is 2.42. The predicted octanol–water partition coefficient (Wildman–Crippen LogP) is 3.05. The van der Waals surface area contributed by atoms with Crippen LogP contribution in [0, 0.1) is 5.82 Å². The monoisotopic (exact) mass is 274 g/mol. The Kier molecular flexibility index (Phi) is 3.55. The van der Waals surface area contributed by atoms with Crippen LogP contribution < -0.4 is 11.3 Å². The molecule has 0 spiro atoms. The summed E-state index contributed by atoms with van der Waals surface area (Å²) in [4.78, 5) is 1.27. The van der Waals surface area contributed by atoms with Crippen molar-refractivity contribution in [3.05, 3.63) is 65.5 Å². The molecule has 0 fully saturated rings. The van der Waals surface area contributed by atoms with Gasteiger partial charge in [0.15, 0.2) is 0 Å². The number of nitrogens with one attached hydrogen (secondary N) is 1. The van der Waals surface area contributed by atoms with Gasteiger partial charge in [-0.3, -0.25) is 11.3 Å². The van der Waals surface area contributed by atoms with Crippen molar-refractivity contribution in [2.24, 2.45) is 5.84 Å². The molecule has 0 amide bonds. The number of hydrogen-bond acceptors (Lipinski definition) is 3. The summed E-state index contributed by atoms with van der Waals surface area (Å²) in [6.07, 6.45) is 0.907. The Morgan fingerprint density at radius 3 is 2.63 bits per heavy atom. The molecule has 2 nitrogen and oxygen atoms in total. The third kappa shape index (κ3) is 2.39.